The number of rotatable bonds is 2. The van der Waals surface area contributed by atoms with Crippen molar-refractivity contribution in [3.8, 4) is 11.5 Å². The van der Waals surface area contributed by atoms with Crippen LogP contribution in [0.1, 0.15) is 35.4 Å². The van der Waals surface area contributed by atoms with Gasteiger partial charge in [-0.3, -0.25) is 4.79 Å². The van der Waals surface area contributed by atoms with Gasteiger partial charge in [0.25, 0.3) is 0 Å². The van der Waals surface area contributed by atoms with Gasteiger partial charge in [0.2, 0.25) is 5.91 Å². The third-order valence-electron chi connectivity index (χ3n) is 4.80. The largest absolute Gasteiger partial charge is 0.489 e. The van der Waals surface area contributed by atoms with Crippen LogP contribution in [0, 0.1) is 0 Å². The van der Waals surface area contributed by atoms with Crippen molar-refractivity contribution in [1.82, 2.24) is 4.90 Å². The van der Waals surface area contributed by atoms with Crippen molar-refractivity contribution < 1.29 is 14.3 Å². The second-order valence-corrected chi connectivity index (χ2v) is 7.88. The lowest BCUT2D eigenvalue weighted by Gasteiger charge is -2.32. The molecule has 26 heavy (non-hydrogen) atoms. The van der Waals surface area contributed by atoms with Crippen LogP contribution in [0.15, 0.2) is 29.7 Å². The fraction of sp³-hybridized carbons (Fsp3) is 0.350. The molecule has 0 saturated heterocycles. The van der Waals surface area contributed by atoms with Gasteiger partial charge < -0.3 is 14.4 Å². The first-order valence-electron chi connectivity index (χ1n) is 8.77. The third kappa shape index (κ3) is 3.33. The molecule has 2 aromatic rings. The summed E-state index contributed by atoms with van der Waals surface area (Å²) in [6.07, 6.45) is 5.15. The molecule has 2 aliphatic heterocycles. The molecule has 4 nitrogen and oxygen atoms in total. The average Bonchev–Trinajstić information content (AvgIpc) is 2.98. The maximum atomic E-state index is 12.7. The van der Waals surface area contributed by atoms with Gasteiger partial charge in [-0.2, -0.15) is 0 Å². The SMILES string of the molecule is CC1c2ccsc2CCN1C(=O)C=Cc1cc(Cl)c2c(c1)OCCCO2. The maximum Gasteiger partial charge on any atom is 0.247 e. The van der Waals surface area contributed by atoms with E-state index in [9.17, 15) is 4.79 Å². The topological polar surface area (TPSA) is 38.8 Å². The molecule has 0 bridgehead atoms. The van der Waals surface area contributed by atoms with Crippen LogP contribution in [0.3, 0.4) is 0 Å². The van der Waals surface area contributed by atoms with Gasteiger partial charge in [-0.15, -0.1) is 11.3 Å². The van der Waals surface area contributed by atoms with Gasteiger partial charge in [-0.05, 0) is 54.1 Å². The van der Waals surface area contributed by atoms with Gasteiger partial charge in [0.05, 0.1) is 24.3 Å². The predicted molar refractivity (Wildman–Crippen MR) is 104 cm³/mol. The summed E-state index contributed by atoms with van der Waals surface area (Å²) in [6.45, 7) is 4.03. The van der Waals surface area contributed by atoms with Crippen molar-refractivity contribution in [2.45, 2.75) is 25.8 Å². The molecule has 0 aliphatic carbocycles. The summed E-state index contributed by atoms with van der Waals surface area (Å²) in [7, 11) is 0. The first-order valence-corrected chi connectivity index (χ1v) is 10.0. The van der Waals surface area contributed by atoms with Crippen LogP contribution in [0.2, 0.25) is 5.02 Å². The van der Waals surface area contributed by atoms with Crippen LogP contribution < -0.4 is 9.47 Å². The highest BCUT2D eigenvalue weighted by atomic mass is 35.5. The molecule has 0 radical (unpaired) electrons. The van der Waals surface area contributed by atoms with Gasteiger partial charge in [0, 0.05) is 23.9 Å². The minimum atomic E-state index is 0.0117. The molecule has 6 heteroatoms. The van der Waals surface area contributed by atoms with Crippen LogP contribution in [-0.2, 0) is 11.2 Å². The van der Waals surface area contributed by atoms with E-state index in [1.807, 2.05) is 11.0 Å². The molecule has 1 unspecified atom stereocenters. The van der Waals surface area contributed by atoms with Gasteiger partial charge in [0.15, 0.2) is 11.5 Å². The van der Waals surface area contributed by atoms with Gasteiger partial charge in [-0.25, -0.2) is 0 Å². The molecule has 0 spiro atoms. The molecule has 1 aromatic heterocycles. The monoisotopic (exact) mass is 389 g/mol. The highest BCUT2D eigenvalue weighted by Crippen LogP contribution is 2.38. The molecule has 3 heterocycles. The van der Waals surface area contributed by atoms with Crippen molar-refractivity contribution in [2.24, 2.45) is 0 Å². The Balaban J connectivity index is 1.52. The van der Waals surface area contributed by atoms with Gasteiger partial charge >= 0.3 is 0 Å². The summed E-state index contributed by atoms with van der Waals surface area (Å²) < 4.78 is 11.3. The summed E-state index contributed by atoms with van der Waals surface area (Å²) in [6, 6.07) is 5.90. The number of thiophene rings is 1. The van der Waals surface area contributed by atoms with E-state index in [4.69, 9.17) is 21.1 Å². The average molecular weight is 390 g/mol. The highest BCUT2D eigenvalue weighted by Gasteiger charge is 2.27. The zero-order chi connectivity index (χ0) is 18.1. The van der Waals surface area contributed by atoms with Crippen molar-refractivity contribution in [1.29, 1.82) is 0 Å². The molecule has 0 N–H and O–H groups in total. The number of halogens is 1. The van der Waals surface area contributed by atoms with Crippen molar-refractivity contribution in [3.05, 3.63) is 50.7 Å². The summed E-state index contributed by atoms with van der Waals surface area (Å²) in [5, 5.41) is 2.61. The molecule has 1 amide bonds. The number of carbonyl (C=O) groups is 1. The Morgan fingerprint density at radius 1 is 1.35 bits per heavy atom. The second kappa shape index (κ2) is 7.33. The van der Waals surface area contributed by atoms with Crippen molar-refractivity contribution in [2.75, 3.05) is 19.8 Å². The van der Waals surface area contributed by atoms with E-state index in [1.165, 1.54) is 10.4 Å². The number of ether oxygens (including phenoxy) is 2. The fourth-order valence-electron chi connectivity index (χ4n) is 3.42. The molecule has 1 aromatic carbocycles. The number of fused-ring (bicyclic) bond motifs is 2. The van der Waals surface area contributed by atoms with E-state index in [-0.39, 0.29) is 11.9 Å². The third-order valence-corrected chi connectivity index (χ3v) is 6.08. The lowest BCUT2D eigenvalue weighted by Crippen LogP contribution is -2.37. The molecule has 4 rings (SSSR count). The molecular weight excluding hydrogens is 370 g/mol. The smallest absolute Gasteiger partial charge is 0.247 e. The molecule has 136 valence electrons. The van der Waals surface area contributed by atoms with Gasteiger partial charge in [-0.1, -0.05) is 11.6 Å². The van der Waals surface area contributed by atoms with Crippen molar-refractivity contribution >= 4 is 34.9 Å². The number of benzene rings is 1. The fourth-order valence-corrected chi connectivity index (χ4v) is 4.66. The van der Waals surface area contributed by atoms with E-state index in [0.717, 1.165) is 24.9 Å². The number of nitrogens with zero attached hydrogens (tertiary/aromatic N) is 1. The minimum Gasteiger partial charge on any atom is -0.489 e. The number of hydrogen-bond acceptors (Lipinski definition) is 4. The van der Waals surface area contributed by atoms with E-state index in [2.05, 4.69) is 18.4 Å². The summed E-state index contributed by atoms with van der Waals surface area (Å²) >= 11 is 8.09. The summed E-state index contributed by atoms with van der Waals surface area (Å²) in [4.78, 5) is 16.0. The lowest BCUT2D eigenvalue weighted by molar-refractivity contribution is -0.128. The minimum absolute atomic E-state index is 0.0117. The van der Waals surface area contributed by atoms with Crippen LogP contribution in [-0.4, -0.2) is 30.6 Å². The quantitative estimate of drug-likeness (QED) is 0.697. The molecule has 1 atom stereocenters. The number of amides is 1. The standard InChI is InChI=1S/C20H20ClNO3S/c1-13-15-6-10-26-18(15)5-7-22(13)19(23)4-3-14-11-16(21)20-17(12-14)24-8-2-9-25-20/h3-4,6,10-13H,2,5,7-9H2,1H3. The normalized spacial score (nSPS) is 19.3. The Labute approximate surface area is 162 Å². The van der Waals surface area contributed by atoms with Gasteiger partial charge in [0.1, 0.15) is 0 Å². The zero-order valence-corrected chi connectivity index (χ0v) is 16.1. The predicted octanol–water partition coefficient (Wildman–Crippen LogP) is 4.72. The van der Waals surface area contributed by atoms with E-state index in [1.54, 1.807) is 29.6 Å². The zero-order valence-electron chi connectivity index (χ0n) is 14.5. The lowest BCUT2D eigenvalue weighted by atomic mass is 10.0. The van der Waals surface area contributed by atoms with Crippen molar-refractivity contribution in [3.63, 3.8) is 0 Å². The number of hydrogen-bond donors (Lipinski definition) is 0. The second-order valence-electron chi connectivity index (χ2n) is 6.47. The Morgan fingerprint density at radius 2 is 2.19 bits per heavy atom. The number of carbonyl (C=O) groups excluding carboxylic acids is 1. The van der Waals surface area contributed by atoms with Crippen LogP contribution in [0.25, 0.3) is 6.08 Å². The Bertz CT molecular complexity index is 861. The van der Waals surface area contributed by atoms with Crippen LogP contribution in [0.4, 0.5) is 0 Å². The molecular formula is C20H20ClNO3S. The Morgan fingerprint density at radius 3 is 3.08 bits per heavy atom. The molecule has 0 saturated carbocycles. The highest BCUT2D eigenvalue weighted by molar-refractivity contribution is 7.10. The Kier molecular flexibility index (Phi) is 4.92. The van der Waals surface area contributed by atoms with Crippen LogP contribution in [0.5, 0.6) is 11.5 Å². The molecule has 2 aliphatic rings. The van der Waals surface area contributed by atoms with E-state index >= 15 is 0 Å². The summed E-state index contributed by atoms with van der Waals surface area (Å²) in [5.41, 5.74) is 2.09. The van der Waals surface area contributed by atoms with E-state index in [0.29, 0.717) is 29.7 Å². The Hall–Kier alpha value is -1.98. The van der Waals surface area contributed by atoms with E-state index < -0.39 is 0 Å². The first kappa shape index (κ1) is 17.4. The maximum absolute atomic E-state index is 12.7. The first-order chi connectivity index (χ1) is 12.6. The van der Waals surface area contributed by atoms with Crippen LogP contribution >= 0.6 is 22.9 Å². The molecule has 0 fully saturated rings. The summed E-state index contributed by atoms with van der Waals surface area (Å²) in [5.74, 6) is 1.23.